The van der Waals surface area contributed by atoms with Crippen LogP contribution in [0.1, 0.15) is 98.1 Å². The van der Waals surface area contributed by atoms with Crippen LogP contribution in [0.3, 0.4) is 0 Å². The van der Waals surface area contributed by atoms with Crippen LogP contribution in [0, 0.1) is 23.2 Å². The highest BCUT2D eigenvalue weighted by atomic mass is 16.5. The van der Waals surface area contributed by atoms with E-state index in [1.807, 2.05) is 13.0 Å². The first-order valence-corrected chi connectivity index (χ1v) is 16.2. The number of aliphatic carboxylic acids is 1. The molecule has 7 rings (SSSR count). The lowest BCUT2D eigenvalue weighted by Gasteiger charge is -2.37. The lowest BCUT2D eigenvalue weighted by atomic mass is 9.82. The summed E-state index contributed by atoms with van der Waals surface area (Å²) in [6.45, 7) is 3.77. The Morgan fingerprint density at radius 3 is 2.70 bits per heavy atom. The molecule has 3 atom stereocenters. The van der Waals surface area contributed by atoms with E-state index in [2.05, 4.69) is 52.4 Å². The zero-order valence-electron chi connectivity index (χ0n) is 25.7. The van der Waals surface area contributed by atoms with E-state index in [4.69, 9.17) is 9.47 Å². The molecular formula is C37H41N3O4. The number of hydrogen-bond acceptors (Lipinski definition) is 6. The van der Waals surface area contributed by atoms with Crippen LogP contribution in [0.25, 0.3) is 11.1 Å². The number of pyridine rings is 1. The molecule has 1 aromatic heterocycles. The second kappa shape index (κ2) is 11.6. The SMILES string of the molecule is COc1cc(-c2ccc([C@@H]3CCc4ccc([C@H](C5CC5)[C@H](C)C(=O)O)cc4O3)cc2CN2CCCCC23CC3)c(C#N)cn1. The van der Waals surface area contributed by atoms with Crippen molar-refractivity contribution in [2.24, 2.45) is 11.8 Å². The van der Waals surface area contributed by atoms with Crippen LogP contribution >= 0.6 is 0 Å². The molecule has 7 nitrogen and oxygen atoms in total. The number of hydrogen-bond donors (Lipinski definition) is 1. The lowest BCUT2D eigenvalue weighted by molar-refractivity contribution is -0.142. The summed E-state index contributed by atoms with van der Waals surface area (Å²) >= 11 is 0. The van der Waals surface area contributed by atoms with Gasteiger partial charge in [-0.05, 0) is 104 Å². The van der Waals surface area contributed by atoms with E-state index in [0.29, 0.717) is 22.9 Å². The minimum absolute atomic E-state index is 0.0126. The van der Waals surface area contributed by atoms with Gasteiger partial charge in [0.05, 0.1) is 18.6 Å². The van der Waals surface area contributed by atoms with E-state index in [9.17, 15) is 15.2 Å². The number of nitrogens with zero attached hydrogens (tertiary/aromatic N) is 3. The van der Waals surface area contributed by atoms with Gasteiger partial charge < -0.3 is 14.6 Å². The molecule has 228 valence electrons. The number of carbonyl (C=O) groups is 1. The van der Waals surface area contributed by atoms with Gasteiger partial charge in [-0.2, -0.15) is 5.26 Å². The minimum atomic E-state index is -0.737. The number of aromatic nitrogens is 1. The molecular weight excluding hydrogens is 550 g/mol. The van der Waals surface area contributed by atoms with Gasteiger partial charge in [-0.15, -0.1) is 0 Å². The first-order chi connectivity index (χ1) is 21.4. The predicted octanol–water partition coefficient (Wildman–Crippen LogP) is 7.43. The third-order valence-corrected chi connectivity index (χ3v) is 10.7. The molecule has 2 aliphatic carbocycles. The fourth-order valence-electron chi connectivity index (χ4n) is 7.79. The van der Waals surface area contributed by atoms with E-state index in [1.165, 1.54) is 43.2 Å². The molecule has 2 saturated carbocycles. The monoisotopic (exact) mass is 591 g/mol. The van der Waals surface area contributed by atoms with Crippen molar-refractivity contribution in [2.45, 2.75) is 88.8 Å². The zero-order valence-corrected chi connectivity index (χ0v) is 25.7. The van der Waals surface area contributed by atoms with E-state index in [0.717, 1.165) is 66.8 Å². The van der Waals surface area contributed by atoms with Crippen molar-refractivity contribution in [3.63, 3.8) is 0 Å². The van der Waals surface area contributed by atoms with Gasteiger partial charge in [0.2, 0.25) is 5.88 Å². The second-order valence-electron chi connectivity index (χ2n) is 13.4. The van der Waals surface area contributed by atoms with Gasteiger partial charge >= 0.3 is 5.97 Å². The van der Waals surface area contributed by atoms with Crippen molar-refractivity contribution in [3.8, 4) is 28.8 Å². The Labute approximate surface area is 259 Å². The van der Waals surface area contributed by atoms with Crippen LogP contribution in [0.4, 0.5) is 0 Å². The number of ether oxygens (including phenoxy) is 2. The highest BCUT2D eigenvalue weighted by Crippen LogP contribution is 2.50. The smallest absolute Gasteiger partial charge is 0.306 e. The number of nitriles is 1. The van der Waals surface area contributed by atoms with Crippen molar-refractivity contribution in [1.29, 1.82) is 5.26 Å². The van der Waals surface area contributed by atoms with Gasteiger partial charge in [0.15, 0.2) is 0 Å². The quantitative estimate of drug-likeness (QED) is 0.276. The van der Waals surface area contributed by atoms with E-state index in [1.54, 1.807) is 13.3 Å². The Balaban J connectivity index is 1.23. The highest BCUT2D eigenvalue weighted by molar-refractivity contribution is 5.74. The normalized spacial score (nSPS) is 21.9. The summed E-state index contributed by atoms with van der Waals surface area (Å²) in [5.41, 5.74) is 7.37. The Hall–Kier alpha value is -3.89. The van der Waals surface area contributed by atoms with Gasteiger partial charge in [-0.1, -0.05) is 43.7 Å². The molecule has 1 saturated heterocycles. The topological polar surface area (TPSA) is 95.7 Å². The number of likely N-dealkylation sites (tertiary alicyclic amines) is 1. The maximum Gasteiger partial charge on any atom is 0.306 e. The summed E-state index contributed by atoms with van der Waals surface area (Å²) in [4.78, 5) is 18.9. The second-order valence-corrected chi connectivity index (χ2v) is 13.4. The van der Waals surface area contributed by atoms with E-state index in [-0.39, 0.29) is 12.0 Å². The number of carboxylic acids is 1. The number of aryl methyl sites for hydroxylation is 1. The van der Waals surface area contributed by atoms with Gasteiger partial charge in [-0.25, -0.2) is 4.98 Å². The summed E-state index contributed by atoms with van der Waals surface area (Å²) in [5.74, 6) is 0.660. The molecule has 3 fully saturated rings. The Bertz CT molecular complexity index is 1620. The van der Waals surface area contributed by atoms with Crippen molar-refractivity contribution < 1.29 is 19.4 Å². The van der Waals surface area contributed by atoms with Crippen LogP contribution in [-0.2, 0) is 17.8 Å². The zero-order chi connectivity index (χ0) is 30.4. The predicted molar refractivity (Wildman–Crippen MR) is 168 cm³/mol. The molecule has 0 radical (unpaired) electrons. The Morgan fingerprint density at radius 1 is 1.14 bits per heavy atom. The van der Waals surface area contributed by atoms with Crippen molar-refractivity contribution in [1.82, 2.24) is 9.88 Å². The first-order valence-electron chi connectivity index (χ1n) is 16.2. The molecule has 0 amide bonds. The number of rotatable bonds is 9. The molecule has 3 heterocycles. The fraction of sp³-hybridized carbons (Fsp3) is 0.486. The summed E-state index contributed by atoms with van der Waals surface area (Å²) < 4.78 is 12.2. The Morgan fingerprint density at radius 2 is 1.98 bits per heavy atom. The lowest BCUT2D eigenvalue weighted by Crippen LogP contribution is -2.40. The van der Waals surface area contributed by atoms with E-state index >= 15 is 0 Å². The molecule has 7 heteroatoms. The van der Waals surface area contributed by atoms with Gasteiger partial charge in [-0.3, -0.25) is 9.69 Å². The number of methoxy groups -OCH3 is 1. The summed E-state index contributed by atoms with van der Waals surface area (Å²) in [6, 6.07) is 17.2. The van der Waals surface area contributed by atoms with Crippen molar-refractivity contribution in [3.05, 3.63) is 76.5 Å². The molecule has 2 aromatic carbocycles. The number of carboxylic acid groups (broad SMARTS) is 1. The molecule has 4 aliphatic rings. The first kappa shape index (κ1) is 28.9. The van der Waals surface area contributed by atoms with Crippen LogP contribution in [-0.4, -0.2) is 40.2 Å². The molecule has 2 aliphatic heterocycles. The van der Waals surface area contributed by atoms with E-state index < -0.39 is 11.9 Å². The maximum atomic E-state index is 11.9. The largest absolute Gasteiger partial charge is 0.485 e. The molecule has 3 aromatic rings. The molecule has 0 unspecified atom stereocenters. The van der Waals surface area contributed by atoms with Crippen molar-refractivity contribution in [2.75, 3.05) is 13.7 Å². The average molecular weight is 592 g/mol. The van der Waals surface area contributed by atoms with Gasteiger partial charge in [0.25, 0.3) is 0 Å². The highest BCUT2D eigenvalue weighted by Gasteiger charge is 2.48. The van der Waals surface area contributed by atoms with Gasteiger partial charge in [0.1, 0.15) is 17.9 Å². The fourth-order valence-corrected chi connectivity index (χ4v) is 7.79. The number of piperidine rings is 1. The number of benzene rings is 2. The van der Waals surface area contributed by atoms with Crippen LogP contribution in [0.2, 0.25) is 0 Å². The molecule has 1 spiro atoms. The Kier molecular flexibility index (Phi) is 7.58. The minimum Gasteiger partial charge on any atom is -0.485 e. The van der Waals surface area contributed by atoms with Crippen LogP contribution in [0.15, 0.2) is 48.7 Å². The van der Waals surface area contributed by atoms with Gasteiger partial charge in [0, 0.05) is 29.9 Å². The molecule has 44 heavy (non-hydrogen) atoms. The van der Waals surface area contributed by atoms with Crippen LogP contribution in [0.5, 0.6) is 11.6 Å². The standard InChI is InChI=1S/C37H41N3O4/c1-23(36(41)42)35(25-6-7-25)27-8-5-24-10-12-32(44-33(24)18-27)26-9-11-30(31-19-34(43-2)39-21-29(31)20-38)28(17-26)22-40-16-4-3-13-37(40)14-15-37/h5,8-9,11,17-19,21,23,25,32,35H,3-4,6-7,10,12-16,22H2,1-2H3,(H,41,42)/t23-,32-,35-/m0/s1. The maximum absolute atomic E-state index is 11.9. The summed E-state index contributed by atoms with van der Waals surface area (Å²) in [5, 5.41) is 19.8. The number of fused-ring (bicyclic) bond motifs is 1. The third-order valence-electron chi connectivity index (χ3n) is 10.7. The van der Waals surface area contributed by atoms with Crippen LogP contribution < -0.4 is 9.47 Å². The summed E-state index contributed by atoms with van der Waals surface area (Å²) in [7, 11) is 1.60. The average Bonchev–Trinajstić information content (AvgIpc) is 3.99. The molecule has 1 N–H and O–H groups in total. The molecule has 0 bridgehead atoms. The summed E-state index contributed by atoms with van der Waals surface area (Å²) in [6.07, 6.45) is 11.8. The van der Waals surface area contributed by atoms with Crippen molar-refractivity contribution >= 4 is 5.97 Å². The third kappa shape index (κ3) is 5.45.